The standard InChI is InChI=1S/C18H16BrFN2O4/c1-18(2)15(23)13-11(7-25-18)21-16-14(17(24)26-22(16)3)12(13)8-4-5-10(20)9(19)6-8/h4-6,12,21H,7H2,1-3H3. The van der Waals surface area contributed by atoms with E-state index in [1.165, 1.54) is 10.8 Å². The molecule has 8 heteroatoms. The highest BCUT2D eigenvalue weighted by molar-refractivity contribution is 9.10. The van der Waals surface area contributed by atoms with Gasteiger partial charge in [0.05, 0.1) is 28.3 Å². The Morgan fingerprint density at radius 3 is 2.77 bits per heavy atom. The Kier molecular flexibility index (Phi) is 3.75. The molecule has 4 rings (SSSR count). The highest BCUT2D eigenvalue weighted by atomic mass is 79.9. The molecular weight excluding hydrogens is 407 g/mol. The Labute approximate surface area is 156 Å². The lowest BCUT2D eigenvalue weighted by molar-refractivity contribution is -0.137. The molecule has 0 bridgehead atoms. The van der Waals surface area contributed by atoms with E-state index in [0.29, 0.717) is 28.2 Å². The molecule has 136 valence electrons. The van der Waals surface area contributed by atoms with Gasteiger partial charge in [-0.1, -0.05) is 6.07 Å². The van der Waals surface area contributed by atoms with Gasteiger partial charge in [0.25, 0.3) is 0 Å². The number of carbonyl (C=O) groups is 1. The molecule has 2 aliphatic rings. The van der Waals surface area contributed by atoms with Crippen LogP contribution in [0.2, 0.25) is 0 Å². The van der Waals surface area contributed by atoms with E-state index in [0.717, 1.165) is 0 Å². The number of aryl methyl sites for hydroxylation is 1. The van der Waals surface area contributed by atoms with Crippen molar-refractivity contribution in [3.63, 3.8) is 0 Å². The minimum absolute atomic E-state index is 0.200. The van der Waals surface area contributed by atoms with E-state index in [-0.39, 0.29) is 16.9 Å². The molecule has 2 aliphatic heterocycles. The fraction of sp³-hybridized carbons (Fsp3) is 0.333. The number of nitrogens with one attached hydrogen (secondary N) is 1. The molecule has 1 N–H and O–H groups in total. The Hall–Kier alpha value is -2.19. The number of ketones is 1. The molecule has 6 nitrogen and oxygen atoms in total. The fourth-order valence-corrected chi connectivity index (χ4v) is 3.86. The summed E-state index contributed by atoms with van der Waals surface area (Å²) in [5.41, 5.74) is 0.440. The van der Waals surface area contributed by atoms with E-state index in [1.54, 1.807) is 33.0 Å². The first kappa shape index (κ1) is 17.2. The topological polar surface area (TPSA) is 73.5 Å². The van der Waals surface area contributed by atoms with Crippen LogP contribution in [-0.4, -0.2) is 22.7 Å². The van der Waals surface area contributed by atoms with Crippen molar-refractivity contribution in [3.05, 3.63) is 61.3 Å². The van der Waals surface area contributed by atoms with E-state index in [4.69, 9.17) is 9.26 Å². The number of hydrogen-bond donors (Lipinski definition) is 1. The third-order valence-corrected chi connectivity index (χ3v) is 5.44. The first-order valence-electron chi connectivity index (χ1n) is 8.04. The van der Waals surface area contributed by atoms with Gasteiger partial charge >= 0.3 is 5.63 Å². The Morgan fingerprint density at radius 1 is 1.35 bits per heavy atom. The van der Waals surface area contributed by atoms with E-state index in [9.17, 15) is 14.0 Å². The van der Waals surface area contributed by atoms with Gasteiger partial charge in [-0.15, -0.1) is 0 Å². The third-order valence-electron chi connectivity index (χ3n) is 4.83. The quantitative estimate of drug-likeness (QED) is 0.764. The van der Waals surface area contributed by atoms with Gasteiger partial charge in [0.1, 0.15) is 11.4 Å². The van der Waals surface area contributed by atoms with Crippen LogP contribution in [0.3, 0.4) is 0 Å². The largest absolute Gasteiger partial charge is 0.363 e. The third kappa shape index (κ3) is 2.39. The van der Waals surface area contributed by atoms with Gasteiger partial charge in [-0.05, 0) is 47.5 Å². The van der Waals surface area contributed by atoms with E-state index in [2.05, 4.69) is 21.2 Å². The number of fused-ring (bicyclic) bond motifs is 1. The Morgan fingerprint density at radius 2 is 2.08 bits per heavy atom. The molecule has 0 fully saturated rings. The monoisotopic (exact) mass is 422 g/mol. The van der Waals surface area contributed by atoms with Crippen molar-refractivity contribution in [1.82, 2.24) is 4.74 Å². The molecule has 0 saturated carbocycles. The minimum Gasteiger partial charge on any atom is -0.361 e. The molecule has 1 unspecified atom stereocenters. The van der Waals surface area contributed by atoms with Crippen LogP contribution in [0.5, 0.6) is 0 Å². The summed E-state index contributed by atoms with van der Waals surface area (Å²) in [5.74, 6) is -0.831. The predicted octanol–water partition coefficient (Wildman–Crippen LogP) is 3.07. The van der Waals surface area contributed by atoms with E-state index in [1.807, 2.05) is 0 Å². The van der Waals surface area contributed by atoms with Crippen molar-refractivity contribution in [2.45, 2.75) is 25.4 Å². The maximum atomic E-state index is 13.7. The molecule has 26 heavy (non-hydrogen) atoms. The smallest absolute Gasteiger partial charge is 0.361 e. The number of aromatic nitrogens is 1. The summed E-state index contributed by atoms with van der Waals surface area (Å²) in [6.07, 6.45) is 0. The second kappa shape index (κ2) is 5.65. The van der Waals surface area contributed by atoms with Crippen molar-refractivity contribution in [3.8, 4) is 0 Å². The number of nitrogens with zero attached hydrogens (tertiary/aromatic N) is 1. The Balaban J connectivity index is 2.00. The molecule has 0 saturated heterocycles. The van der Waals surface area contributed by atoms with Crippen LogP contribution in [0, 0.1) is 5.82 Å². The second-order valence-electron chi connectivity index (χ2n) is 6.89. The van der Waals surface area contributed by atoms with Crippen LogP contribution in [0.25, 0.3) is 0 Å². The summed E-state index contributed by atoms with van der Waals surface area (Å²) in [7, 11) is 1.60. The second-order valence-corrected chi connectivity index (χ2v) is 7.74. The number of anilines is 1. The van der Waals surface area contributed by atoms with Crippen LogP contribution in [-0.2, 0) is 16.6 Å². The fourth-order valence-electron chi connectivity index (χ4n) is 3.46. The van der Waals surface area contributed by atoms with Crippen LogP contribution in [0.15, 0.2) is 43.3 Å². The number of benzene rings is 1. The first-order chi connectivity index (χ1) is 12.2. The zero-order chi connectivity index (χ0) is 18.8. The minimum atomic E-state index is -1.01. The average molecular weight is 423 g/mol. The van der Waals surface area contributed by atoms with Gasteiger partial charge in [0, 0.05) is 12.6 Å². The SMILES string of the molecule is Cn1oc(=O)c2c1NC1=C(C(=O)C(C)(C)OC1)C2c1ccc(F)c(Br)c1. The average Bonchev–Trinajstić information content (AvgIpc) is 2.86. The molecule has 1 atom stereocenters. The summed E-state index contributed by atoms with van der Waals surface area (Å²) in [6, 6.07) is 4.47. The molecule has 3 heterocycles. The van der Waals surface area contributed by atoms with Crippen molar-refractivity contribution in [2.24, 2.45) is 7.05 Å². The van der Waals surface area contributed by atoms with Crippen LogP contribution in [0.4, 0.5) is 10.2 Å². The number of ether oxygens (including phenoxy) is 1. The Bertz CT molecular complexity index is 1030. The summed E-state index contributed by atoms with van der Waals surface area (Å²) < 4.78 is 26.2. The molecule has 0 aliphatic carbocycles. The normalized spacial score (nSPS) is 21.3. The van der Waals surface area contributed by atoms with Crippen LogP contribution < -0.4 is 10.9 Å². The van der Waals surface area contributed by atoms with Gasteiger partial charge in [-0.25, -0.2) is 9.18 Å². The number of carbonyl (C=O) groups excluding carboxylic acids is 1. The predicted molar refractivity (Wildman–Crippen MR) is 95.6 cm³/mol. The van der Waals surface area contributed by atoms with E-state index >= 15 is 0 Å². The molecule has 0 radical (unpaired) electrons. The number of halogens is 2. The molecule has 1 aromatic heterocycles. The summed E-state index contributed by atoms with van der Waals surface area (Å²) in [5, 5.41) is 3.10. The van der Waals surface area contributed by atoms with Crippen molar-refractivity contribution in [2.75, 3.05) is 11.9 Å². The summed E-state index contributed by atoms with van der Waals surface area (Å²) in [4.78, 5) is 25.6. The zero-order valence-electron chi connectivity index (χ0n) is 14.4. The van der Waals surface area contributed by atoms with E-state index < -0.39 is 23.0 Å². The highest BCUT2D eigenvalue weighted by Crippen LogP contribution is 2.44. The summed E-state index contributed by atoms with van der Waals surface area (Å²) in [6.45, 7) is 3.59. The van der Waals surface area contributed by atoms with Crippen LogP contribution >= 0.6 is 15.9 Å². The molecular formula is C18H16BrFN2O4. The summed E-state index contributed by atoms with van der Waals surface area (Å²) >= 11 is 3.18. The van der Waals surface area contributed by atoms with Crippen molar-refractivity contribution >= 4 is 27.5 Å². The van der Waals surface area contributed by atoms with Crippen molar-refractivity contribution < 1.29 is 18.4 Å². The molecule has 0 spiro atoms. The number of rotatable bonds is 1. The highest BCUT2D eigenvalue weighted by Gasteiger charge is 2.46. The van der Waals surface area contributed by atoms with Gasteiger partial charge in [-0.3, -0.25) is 4.79 Å². The maximum Gasteiger partial charge on any atom is 0.363 e. The van der Waals surface area contributed by atoms with Crippen LogP contribution in [0.1, 0.15) is 30.9 Å². The number of Topliss-reactive ketones (excluding diaryl/α,β-unsaturated/α-hetero) is 1. The lowest BCUT2D eigenvalue weighted by Gasteiger charge is -2.37. The molecule has 1 aromatic carbocycles. The van der Waals surface area contributed by atoms with Gasteiger partial charge in [-0.2, -0.15) is 4.74 Å². The number of hydrogen-bond acceptors (Lipinski definition) is 5. The van der Waals surface area contributed by atoms with Gasteiger partial charge in [0.2, 0.25) is 0 Å². The maximum absolute atomic E-state index is 13.7. The van der Waals surface area contributed by atoms with Crippen molar-refractivity contribution in [1.29, 1.82) is 0 Å². The molecule has 2 aromatic rings. The lowest BCUT2D eigenvalue weighted by atomic mass is 9.76. The van der Waals surface area contributed by atoms with Gasteiger partial charge in [0.15, 0.2) is 11.6 Å². The zero-order valence-corrected chi connectivity index (χ0v) is 15.9. The van der Waals surface area contributed by atoms with Gasteiger partial charge < -0.3 is 14.6 Å². The molecule has 0 amide bonds. The lowest BCUT2D eigenvalue weighted by Crippen LogP contribution is -2.45. The first-order valence-corrected chi connectivity index (χ1v) is 8.84.